The number of anilines is 2. The Balaban J connectivity index is 1.08. The number of carbonyl (C=O) groups is 1. The van der Waals surface area contributed by atoms with Crippen LogP contribution in [0.3, 0.4) is 0 Å². The number of halogens is 1. The van der Waals surface area contributed by atoms with Crippen LogP contribution in [0.5, 0.6) is 11.5 Å². The van der Waals surface area contributed by atoms with Gasteiger partial charge in [-0.25, -0.2) is 13.2 Å². The second-order valence-electron chi connectivity index (χ2n) is 16.5. The zero-order valence-corrected chi connectivity index (χ0v) is 36.6. The number of benzene rings is 3. The molecule has 1 aliphatic rings. The predicted molar refractivity (Wildman–Crippen MR) is 231 cm³/mol. The average Bonchev–Trinajstić information content (AvgIpc) is 3.12. The third-order valence-corrected chi connectivity index (χ3v) is 16.2. The van der Waals surface area contributed by atoms with E-state index in [1.807, 2.05) is 24.3 Å². The van der Waals surface area contributed by atoms with Gasteiger partial charge in [0.05, 0.1) is 28.8 Å². The number of unbranched alkanes of at least 4 members (excludes halogenated alkanes) is 6. The quantitative estimate of drug-likeness (QED) is 0.0426. The number of sulfonamides is 1. The van der Waals surface area contributed by atoms with Gasteiger partial charge < -0.3 is 29.6 Å². The number of para-hydroxylation sites is 1. The van der Waals surface area contributed by atoms with Crippen LogP contribution in [-0.4, -0.2) is 83.0 Å². The van der Waals surface area contributed by atoms with Crippen LogP contribution in [0.2, 0.25) is 23.2 Å². The van der Waals surface area contributed by atoms with Gasteiger partial charge in [0.25, 0.3) is 0 Å². The molecule has 1 atom stereocenters. The summed E-state index contributed by atoms with van der Waals surface area (Å²) in [5, 5.41) is 26.8. The number of ether oxygens (including phenoxy) is 1. The summed E-state index contributed by atoms with van der Waals surface area (Å²) in [5.41, 5.74) is 3.18. The highest BCUT2D eigenvalue weighted by molar-refractivity contribution is 7.92. The molecule has 5 N–H and O–H groups in total. The lowest BCUT2D eigenvalue weighted by atomic mass is 10.0. The van der Waals surface area contributed by atoms with E-state index < -0.39 is 24.4 Å². The summed E-state index contributed by atoms with van der Waals surface area (Å²) in [6.45, 7) is 15.4. The molecule has 0 bridgehead atoms. The van der Waals surface area contributed by atoms with Crippen LogP contribution in [0.25, 0.3) is 11.1 Å². The molecular formula is C42H63ClN4O7SSi. The van der Waals surface area contributed by atoms with Crippen molar-refractivity contribution in [2.45, 2.75) is 109 Å². The SMILES string of the molecule is CC(C)(C)[Si](C)(C)O[C@@H](CNCCCCCCCCCN1CCC(OC(=O)Nc2ccccc2-c2ccc(O)c(Cl)c2)CC1)c1ccc(O)c(NS(C)(=O)=O)c1. The van der Waals surface area contributed by atoms with Crippen LogP contribution in [0.15, 0.2) is 60.7 Å². The number of hydrogen-bond donors (Lipinski definition) is 5. The Morgan fingerprint density at radius 3 is 2.21 bits per heavy atom. The fourth-order valence-corrected chi connectivity index (χ4v) is 8.59. The van der Waals surface area contributed by atoms with Gasteiger partial charge in [0.2, 0.25) is 10.0 Å². The molecule has 0 spiro atoms. The lowest BCUT2D eigenvalue weighted by Crippen LogP contribution is -2.43. The number of phenolic OH excluding ortho intramolecular Hbond substituents is 2. The molecule has 56 heavy (non-hydrogen) atoms. The molecule has 3 aromatic carbocycles. The molecule has 1 fully saturated rings. The van der Waals surface area contributed by atoms with E-state index in [-0.39, 0.29) is 39.5 Å². The van der Waals surface area contributed by atoms with Gasteiger partial charge in [-0.3, -0.25) is 10.0 Å². The first-order valence-corrected chi connectivity index (χ1v) is 25.1. The minimum Gasteiger partial charge on any atom is -0.506 e. The van der Waals surface area contributed by atoms with E-state index in [4.69, 9.17) is 20.8 Å². The van der Waals surface area contributed by atoms with Crippen LogP contribution in [0.1, 0.15) is 90.2 Å². The van der Waals surface area contributed by atoms with Crippen molar-refractivity contribution in [1.82, 2.24) is 10.2 Å². The minimum atomic E-state index is -3.55. The Hall–Kier alpha value is -3.33. The summed E-state index contributed by atoms with van der Waals surface area (Å²) >= 11 is 6.11. The lowest BCUT2D eigenvalue weighted by Gasteiger charge is -2.39. The topological polar surface area (TPSA) is 149 Å². The zero-order chi connectivity index (χ0) is 40.9. The molecule has 3 aromatic rings. The van der Waals surface area contributed by atoms with Gasteiger partial charge in [-0.1, -0.05) is 94.8 Å². The van der Waals surface area contributed by atoms with Crippen LogP contribution in [-0.2, 0) is 19.2 Å². The van der Waals surface area contributed by atoms with Crippen molar-refractivity contribution in [3.63, 3.8) is 0 Å². The predicted octanol–water partition coefficient (Wildman–Crippen LogP) is 9.89. The number of aromatic hydroxyl groups is 2. The highest BCUT2D eigenvalue weighted by Crippen LogP contribution is 2.40. The van der Waals surface area contributed by atoms with E-state index in [0.29, 0.717) is 12.2 Å². The molecule has 1 amide bonds. The molecule has 14 heteroatoms. The van der Waals surface area contributed by atoms with E-state index in [0.717, 1.165) is 74.8 Å². The molecular weight excluding hydrogens is 768 g/mol. The number of amides is 1. The molecule has 0 aromatic heterocycles. The summed E-state index contributed by atoms with van der Waals surface area (Å²) in [5.74, 6) is -0.109. The van der Waals surface area contributed by atoms with Crippen LogP contribution in [0.4, 0.5) is 16.2 Å². The summed E-state index contributed by atoms with van der Waals surface area (Å²) in [7, 11) is -5.69. The number of rotatable bonds is 20. The summed E-state index contributed by atoms with van der Waals surface area (Å²) < 4.78 is 38.7. The second-order valence-corrected chi connectivity index (χ2v) is 23.4. The highest BCUT2D eigenvalue weighted by Gasteiger charge is 2.39. The first-order chi connectivity index (χ1) is 26.4. The summed E-state index contributed by atoms with van der Waals surface area (Å²) in [6, 6.07) is 17.4. The van der Waals surface area contributed by atoms with Crippen LogP contribution in [0, 0.1) is 0 Å². The van der Waals surface area contributed by atoms with Gasteiger partial charge in [0.15, 0.2) is 8.32 Å². The number of hydrogen-bond acceptors (Lipinski definition) is 9. The largest absolute Gasteiger partial charge is 0.506 e. The number of phenols is 2. The number of nitrogens with one attached hydrogen (secondary N) is 3. The van der Waals surface area contributed by atoms with Crippen molar-refractivity contribution < 1.29 is 32.6 Å². The Labute approximate surface area is 340 Å². The molecule has 1 saturated heterocycles. The van der Waals surface area contributed by atoms with Gasteiger partial charge in [-0.15, -0.1) is 0 Å². The smallest absolute Gasteiger partial charge is 0.411 e. The standard InChI is InChI=1S/C42H63ClN4O7SSi/c1-42(2,3)56(5,6)54-40(32-19-21-39(49)37(29-32)46-55(4,51)52)30-44-24-14-10-8-7-9-11-15-25-47-26-22-33(23-27-47)53-41(50)45-36-17-13-12-16-34(36)31-18-20-38(48)35(43)28-31/h12-13,16-21,28-29,33,40,44,46,48-49H,7-11,14-15,22-27,30H2,1-6H3,(H,45,50)/t40-/m0/s1. The van der Waals surface area contributed by atoms with Crippen molar-refractivity contribution in [1.29, 1.82) is 0 Å². The van der Waals surface area contributed by atoms with E-state index in [9.17, 15) is 23.4 Å². The Morgan fingerprint density at radius 1 is 0.911 bits per heavy atom. The van der Waals surface area contributed by atoms with Gasteiger partial charge in [-0.2, -0.15) is 0 Å². The van der Waals surface area contributed by atoms with Crippen molar-refractivity contribution in [3.05, 3.63) is 71.2 Å². The van der Waals surface area contributed by atoms with Gasteiger partial charge in [0, 0.05) is 25.2 Å². The molecule has 1 aliphatic heterocycles. The second kappa shape index (κ2) is 20.9. The van der Waals surface area contributed by atoms with E-state index in [1.54, 1.807) is 24.3 Å². The Bertz CT molecular complexity index is 1830. The third kappa shape index (κ3) is 14.6. The Morgan fingerprint density at radius 2 is 1.55 bits per heavy atom. The minimum absolute atomic E-state index is 0.00421. The van der Waals surface area contributed by atoms with Crippen LogP contribution < -0.4 is 15.4 Å². The fraction of sp³-hybridized carbons (Fsp3) is 0.548. The van der Waals surface area contributed by atoms with Gasteiger partial charge >= 0.3 is 6.09 Å². The molecule has 11 nitrogen and oxygen atoms in total. The highest BCUT2D eigenvalue weighted by atomic mass is 35.5. The van der Waals surface area contributed by atoms with Crippen molar-refractivity contribution in [2.75, 3.05) is 49.0 Å². The number of piperidine rings is 1. The number of nitrogens with zero attached hydrogens (tertiary/aromatic N) is 1. The first-order valence-electron chi connectivity index (χ1n) is 19.9. The molecule has 310 valence electrons. The lowest BCUT2D eigenvalue weighted by molar-refractivity contribution is 0.0584. The molecule has 0 saturated carbocycles. The zero-order valence-electron chi connectivity index (χ0n) is 34.0. The van der Waals surface area contributed by atoms with Gasteiger partial charge in [0.1, 0.15) is 17.6 Å². The third-order valence-electron chi connectivity index (χ3n) is 10.8. The van der Waals surface area contributed by atoms with Gasteiger partial charge in [-0.05, 0) is 98.4 Å². The van der Waals surface area contributed by atoms with Crippen LogP contribution >= 0.6 is 11.6 Å². The van der Waals surface area contributed by atoms with Crippen molar-refractivity contribution in [2.24, 2.45) is 0 Å². The van der Waals surface area contributed by atoms with E-state index in [1.165, 1.54) is 44.2 Å². The maximum atomic E-state index is 12.8. The Kier molecular flexibility index (Phi) is 16.9. The summed E-state index contributed by atoms with van der Waals surface area (Å²) in [4.78, 5) is 15.3. The molecule has 0 aliphatic carbocycles. The van der Waals surface area contributed by atoms with Crippen molar-refractivity contribution >= 4 is 47.4 Å². The molecule has 0 radical (unpaired) electrons. The molecule has 0 unspecified atom stereocenters. The first kappa shape index (κ1) is 45.4. The van der Waals surface area contributed by atoms with Crippen molar-refractivity contribution in [3.8, 4) is 22.6 Å². The average molecular weight is 832 g/mol. The monoisotopic (exact) mass is 830 g/mol. The molecule has 4 rings (SSSR count). The van der Waals surface area contributed by atoms with E-state index in [2.05, 4.69) is 54.1 Å². The number of carbonyl (C=O) groups excluding carboxylic acids is 1. The number of likely N-dealkylation sites (tertiary alicyclic amines) is 1. The fourth-order valence-electron chi connectivity index (χ4n) is 6.56. The van der Waals surface area contributed by atoms with E-state index >= 15 is 0 Å². The summed E-state index contributed by atoms with van der Waals surface area (Å²) in [6.07, 6.45) is 10.1. The maximum Gasteiger partial charge on any atom is 0.411 e. The maximum absolute atomic E-state index is 12.8. The normalized spacial score (nSPS) is 15.1. The molecule has 1 heterocycles.